The topological polar surface area (TPSA) is 81.5 Å². The predicted molar refractivity (Wildman–Crippen MR) is 78.3 cm³/mol. The van der Waals surface area contributed by atoms with E-state index >= 15 is 0 Å². The number of rotatable bonds is 5. The molecule has 1 N–H and O–H groups in total. The number of anilines is 1. The average molecular weight is 286 g/mol. The number of carbonyl (C=O) groups excluding carboxylic acids is 1. The zero-order valence-electron chi connectivity index (χ0n) is 11.4. The van der Waals surface area contributed by atoms with Crippen molar-refractivity contribution < 1.29 is 14.5 Å². The Morgan fingerprint density at radius 3 is 2.33 bits per heavy atom. The fraction of sp³-hybridized carbons (Fsp3) is 0.133. The van der Waals surface area contributed by atoms with Crippen LogP contribution in [-0.2, 0) is 4.79 Å². The third-order valence-electron chi connectivity index (χ3n) is 2.77. The van der Waals surface area contributed by atoms with Gasteiger partial charge in [0.2, 0.25) is 0 Å². The summed E-state index contributed by atoms with van der Waals surface area (Å²) in [6.45, 7) is 1.61. The number of benzene rings is 2. The predicted octanol–water partition coefficient (Wildman–Crippen LogP) is 3.00. The van der Waals surface area contributed by atoms with Crippen LogP contribution in [0.3, 0.4) is 0 Å². The molecule has 0 radical (unpaired) electrons. The number of carbonyl (C=O) groups is 1. The standard InChI is InChI=1S/C15H14N2O4/c1-11(15(18)16-12-5-3-2-4-6-12)21-14-9-7-13(8-10-14)17(19)20/h2-11H,1H3,(H,16,18)/t11-/m0/s1. The first-order chi connectivity index (χ1) is 10.1. The molecule has 0 aliphatic heterocycles. The molecule has 0 aromatic heterocycles. The van der Waals surface area contributed by atoms with E-state index in [0.29, 0.717) is 11.4 Å². The van der Waals surface area contributed by atoms with Crippen LogP contribution in [0.15, 0.2) is 54.6 Å². The maximum absolute atomic E-state index is 11.9. The number of amides is 1. The molecule has 1 atom stereocenters. The first-order valence-electron chi connectivity index (χ1n) is 6.33. The van der Waals surface area contributed by atoms with E-state index in [4.69, 9.17) is 4.74 Å². The van der Waals surface area contributed by atoms with Gasteiger partial charge in [0.05, 0.1) is 4.92 Å². The first kappa shape index (κ1) is 14.5. The van der Waals surface area contributed by atoms with Crippen molar-refractivity contribution in [3.63, 3.8) is 0 Å². The molecule has 0 spiro atoms. The summed E-state index contributed by atoms with van der Waals surface area (Å²) in [6, 6.07) is 14.6. The Labute approximate surface area is 121 Å². The third-order valence-corrected chi connectivity index (χ3v) is 2.77. The van der Waals surface area contributed by atoms with Gasteiger partial charge in [-0.25, -0.2) is 0 Å². The van der Waals surface area contributed by atoms with E-state index in [1.807, 2.05) is 18.2 Å². The van der Waals surface area contributed by atoms with Crippen molar-refractivity contribution in [1.82, 2.24) is 0 Å². The molecule has 6 heteroatoms. The Hall–Kier alpha value is -2.89. The summed E-state index contributed by atoms with van der Waals surface area (Å²) in [7, 11) is 0. The van der Waals surface area contributed by atoms with E-state index in [2.05, 4.69) is 5.32 Å². The van der Waals surface area contributed by atoms with Crippen molar-refractivity contribution in [3.05, 3.63) is 64.7 Å². The highest BCUT2D eigenvalue weighted by atomic mass is 16.6. The number of nitro benzene ring substituents is 1. The number of nitro groups is 1. The molecule has 2 aromatic rings. The minimum absolute atomic E-state index is 0.0243. The van der Waals surface area contributed by atoms with Crippen LogP contribution < -0.4 is 10.1 Å². The summed E-state index contributed by atoms with van der Waals surface area (Å²) in [6.07, 6.45) is -0.716. The zero-order chi connectivity index (χ0) is 15.2. The van der Waals surface area contributed by atoms with Crippen molar-refractivity contribution in [2.24, 2.45) is 0 Å². The van der Waals surface area contributed by atoms with Gasteiger partial charge < -0.3 is 10.1 Å². The van der Waals surface area contributed by atoms with Crippen molar-refractivity contribution in [2.45, 2.75) is 13.0 Å². The molecular weight excluding hydrogens is 272 g/mol. The molecule has 0 aliphatic carbocycles. The molecule has 2 aromatic carbocycles. The van der Waals surface area contributed by atoms with Gasteiger partial charge in [-0.1, -0.05) is 18.2 Å². The average Bonchev–Trinajstić information content (AvgIpc) is 2.48. The lowest BCUT2D eigenvalue weighted by atomic mass is 10.3. The maximum Gasteiger partial charge on any atom is 0.269 e. The number of hydrogen-bond acceptors (Lipinski definition) is 4. The van der Waals surface area contributed by atoms with Crippen molar-refractivity contribution in [2.75, 3.05) is 5.32 Å². The molecule has 0 saturated carbocycles. The number of nitrogens with one attached hydrogen (secondary N) is 1. The summed E-state index contributed by atoms with van der Waals surface area (Å²) in [5, 5.41) is 13.3. The summed E-state index contributed by atoms with van der Waals surface area (Å²) in [5.74, 6) is 0.107. The molecule has 1 amide bonds. The molecule has 2 rings (SSSR count). The Balaban J connectivity index is 1.95. The normalized spacial score (nSPS) is 11.5. The van der Waals surface area contributed by atoms with Gasteiger partial charge in [-0.2, -0.15) is 0 Å². The lowest BCUT2D eigenvalue weighted by Crippen LogP contribution is -2.30. The van der Waals surface area contributed by atoms with Crippen LogP contribution in [0.25, 0.3) is 0 Å². The maximum atomic E-state index is 11.9. The van der Waals surface area contributed by atoms with Crippen LogP contribution in [0.5, 0.6) is 5.75 Å². The number of hydrogen-bond donors (Lipinski definition) is 1. The molecule has 6 nitrogen and oxygen atoms in total. The molecule has 108 valence electrons. The Morgan fingerprint density at radius 2 is 1.76 bits per heavy atom. The summed E-state index contributed by atoms with van der Waals surface area (Å²) in [4.78, 5) is 22.0. The molecule has 0 unspecified atom stereocenters. The SMILES string of the molecule is C[C@H](Oc1ccc([N+](=O)[O-])cc1)C(=O)Nc1ccccc1. The van der Waals surface area contributed by atoms with Crippen molar-refractivity contribution in [1.29, 1.82) is 0 Å². The van der Waals surface area contributed by atoms with Gasteiger partial charge in [-0.3, -0.25) is 14.9 Å². The van der Waals surface area contributed by atoms with Crippen LogP contribution >= 0.6 is 0 Å². The lowest BCUT2D eigenvalue weighted by Gasteiger charge is -2.14. The highest BCUT2D eigenvalue weighted by molar-refractivity contribution is 5.94. The van der Waals surface area contributed by atoms with E-state index in [1.54, 1.807) is 19.1 Å². The number of ether oxygens (including phenoxy) is 1. The summed E-state index contributed by atoms with van der Waals surface area (Å²) < 4.78 is 5.45. The molecule has 0 fully saturated rings. The number of nitrogens with zero attached hydrogens (tertiary/aromatic N) is 1. The number of para-hydroxylation sites is 1. The van der Waals surface area contributed by atoms with E-state index in [1.165, 1.54) is 24.3 Å². The van der Waals surface area contributed by atoms with Gasteiger partial charge in [0.1, 0.15) is 5.75 Å². The second-order valence-electron chi connectivity index (χ2n) is 4.37. The largest absolute Gasteiger partial charge is 0.481 e. The molecule has 0 aliphatic rings. The number of non-ortho nitro benzene ring substituents is 1. The Kier molecular flexibility index (Phi) is 4.50. The molecule has 0 saturated heterocycles. The van der Waals surface area contributed by atoms with E-state index < -0.39 is 11.0 Å². The fourth-order valence-electron chi connectivity index (χ4n) is 1.67. The molecule has 0 heterocycles. The van der Waals surface area contributed by atoms with Gasteiger partial charge in [0.15, 0.2) is 6.10 Å². The zero-order valence-corrected chi connectivity index (χ0v) is 11.4. The molecular formula is C15H14N2O4. The van der Waals surface area contributed by atoms with Crippen LogP contribution in [0.2, 0.25) is 0 Å². The first-order valence-corrected chi connectivity index (χ1v) is 6.33. The van der Waals surface area contributed by atoms with E-state index in [-0.39, 0.29) is 11.6 Å². The smallest absolute Gasteiger partial charge is 0.269 e. The minimum atomic E-state index is -0.716. The second kappa shape index (κ2) is 6.51. The van der Waals surface area contributed by atoms with Gasteiger partial charge in [-0.05, 0) is 31.2 Å². The lowest BCUT2D eigenvalue weighted by molar-refractivity contribution is -0.384. The summed E-state index contributed by atoms with van der Waals surface area (Å²) >= 11 is 0. The highest BCUT2D eigenvalue weighted by Crippen LogP contribution is 2.18. The fourth-order valence-corrected chi connectivity index (χ4v) is 1.67. The van der Waals surface area contributed by atoms with E-state index in [9.17, 15) is 14.9 Å². The van der Waals surface area contributed by atoms with Gasteiger partial charge in [0.25, 0.3) is 11.6 Å². The summed E-state index contributed by atoms with van der Waals surface area (Å²) in [5.41, 5.74) is 0.658. The van der Waals surface area contributed by atoms with Crippen molar-refractivity contribution in [3.8, 4) is 5.75 Å². The van der Waals surface area contributed by atoms with E-state index in [0.717, 1.165) is 0 Å². The van der Waals surface area contributed by atoms with Gasteiger partial charge in [-0.15, -0.1) is 0 Å². The Morgan fingerprint density at radius 1 is 1.14 bits per heavy atom. The van der Waals surface area contributed by atoms with Crippen LogP contribution in [-0.4, -0.2) is 16.9 Å². The van der Waals surface area contributed by atoms with Crippen LogP contribution in [0, 0.1) is 10.1 Å². The third kappa shape index (κ3) is 4.04. The van der Waals surface area contributed by atoms with Crippen LogP contribution in [0.1, 0.15) is 6.92 Å². The van der Waals surface area contributed by atoms with Gasteiger partial charge >= 0.3 is 0 Å². The minimum Gasteiger partial charge on any atom is -0.481 e. The van der Waals surface area contributed by atoms with Crippen LogP contribution in [0.4, 0.5) is 11.4 Å². The highest BCUT2D eigenvalue weighted by Gasteiger charge is 2.15. The second-order valence-corrected chi connectivity index (χ2v) is 4.37. The Bertz CT molecular complexity index is 626. The van der Waals surface area contributed by atoms with Gasteiger partial charge in [0, 0.05) is 17.8 Å². The molecule has 0 bridgehead atoms. The van der Waals surface area contributed by atoms with Crippen molar-refractivity contribution >= 4 is 17.3 Å². The quantitative estimate of drug-likeness (QED) is 0.676. The monoisotopic (exact) mass is 286 g/mol. The molecule has 21 heavy (non-hydrogen) atoms.